The highest BCUT2D eigenvalue weighted by Crippen LogP contribution is 2.12. The van der Waals surface area contributed by atoms with Crippen molar-refractivity contribution in [1.82, 2.24) is 0 Å². The highest BCUT2D eigenvalue weighted by atomic mass is 16.5. The summed E-state index contributed by atoms with van der Waals surface area (Å²) in [6, 6.07) is 0. The van der Waals surface area contributed by atoms with Gasteiger partial charge in [0.2, 0.25) is 0 Å². The van der Waals surface area contributed by atoms with Gasteiger partial charge in [-0.15, -0.1) is 0 Å². The zero-order valence-corrected chi connectivity index (χ0v) is 7.88. The standard InChI is InChI=1S/C9H18O3/c1-8(4-3-7-10)5-6-9(11)12-2/h8,10H,3-7H2,1-2H3. The summed E-state index contributed by atoms with van der Waals surface area (Å²) in [5.74, 6) is 0.349. The third-order valence-corrected chi connectivity index (χ3v) is 1.92. The minimum absolute atomic E-state index is 0.147. The lowest BCUT2D eigenvalue weighted by atomic mass is 10.0. The molecule has 0 rings (SSSR count). The van der Waals surface area contributed by atoms with E-state index >= 15 is 0 Å². The van der Waals surface area contributed by atoms with Crippen molar-refractivity contribution < 1.29 is 14.6 Å². The predicted molar refractivity (Wildman–Crippen MR) is 46.7 cm³/mol. The molecule has 12 heavy (non-hydrogen) atoms. The molecule has 0 heterocycles. The van der Waals surface area contributed by atoms with Gasteiger partial charge >= 0.3 is 5.97 Å². The Bertz CT molecular complexity index is 123. The van der Waals surface area contributed by atoms with Crippen molar-refractivity contribution in [2.45, 2.75) is 32.6 Å². The number of hydrogen-bond acceptors (Lipinski definition) is 3. The maximum Gasteiger partial charge on any atom is 0.305 e. The summed E-state index contributed by atoms with van der Waals surface area (Å²) in [6.07, 6.45) is 3.14. The number of hydrogen-bond donors (Lipinski definition) is 1. The molecule has 1 atom stereocenters. The van der Waals surface area contributed by atoms with E-state index in [4.69, 9.17) is 5.11 Å². The number of aliphatic hydroxyl groups is 1. The lowest BCUT2D eigenvalue weighted by Gasteiger charge is -2.08. The Morgan fingerprint density at radius 1 is 1.50 bits per heavy atom. The molecule has 0 fully saturated rings. The van der Waals surface area contributed by atoms with Crippen LogP contribution in [0.3, 0.4) is 0 Å². The summed E-state index contributed by atoms with van der Waals surface area (Å²) >= 11 is 0. The Labute approximate surface area is 73.7 Å². The SMILES string of the molecule is COC(=O)CCC(C)CCCO. The number of carbonyl (C=O) groups is 1. The normalized spacial score (nSPS) is 12.6. The van der Waals surface area contributed by atoms with E-state index in [1.54, 1.807) is 0 Å². The highest BCUT2D eigenvalue weighted by molar-refractivity contribution is 5.69. The van der Waals surface area contributed by atoms with E-state index in [2.05, 4.69) is 11.7 Å². The zero-order chi connectivity index (χ0) is 9.40. The topological polar surface area (TPSA) is 46.5 Å². The second-order valence-electron chi connectivity index (χ2n) is 3.09. The molecule has 3 nitrogen and oxygen atoms in total. The number of carbonyl (C=O) groups excluding carboxylic acids is 1. The largest absolute Gasteiger partial charge is 0.469 e. The van der Waals surface area contributed by atoms with Crippen molar-refractivity contribution in [1.29, 1.82) is 0 Å². The van der Waals surface area contributed by atoms with Gasteiger partial charge in [0.05, 0.1) is 7.11 Å². The van der Waals surface area contributed by atoms with Gasteiger partial charge in [-0.2, -0.15) is 0 Å². The van der Waals surface area contributed by atoms with E-state index in [0.717, 1.165) is 19.3 Å². The third-order valence-electron chi connectivity index (χ3n) is 1.92. The summed E-state index contributed by atoms with van der Waals surface area (Å²) in [4.78, 5) is 10.7. The number of esters is 1. The van der Waals surface area contributed by atoms with Crippen molar-refractivity contribution in [2.24, 2.45) is 5.92 Å². The van der Waals surface area contributed by atoms with Crippen molar-refractivity contribution in [3.8, 4) is 0 Å². The van der Waals surface area contributed by atoms with Crippen LogP contribution in [0, 0.1) is 5.92 Å². The molecule has 1 unspecified atom stereocenters. The molecule has 1 N–H and O–H groups in total. The van der Waals surface area contributed by atoms with E-state index in [1.807, 2.05) is 0 Å². The lowest BCUT2D eigenvalue weighted by Crippen LogP contribution is -2.04. The van der Waals surface area contributed by atoms with Gasteiger partial charge in [0.25, 0.3) is 0 Å². The Kier molecular flexibility index (Phi) is 6.76. The molecule has 0 saturated heterocycles. The fourth-order valence-corrected chi connectivity index (χ4v) is 1.05. The van der Waals surface area contributed by atoms with Crippen molar-refractivity contribution in [3.05, 3.63) is 0 Å². The minimum atomic E-state index is -0.147. The van der Waals surface area contributed by atoms with Crippen LogP contribution in [0.4, 0.5) is 0 Å². The van der Waals surface area contributed by atoms with E-state index in [-0.39, 0.29) is 12.6 Å². The predicted octanol–water partition coefficient (Wildman–Crippen LogP) is 1.35. The molecule has 0 aliphatic carbocycles. The van der Waals surface area contributed by atoms with Gasteiger partial charge < -0.3 is 9.84 Å². The smallest absolute Gasteiger partial charge is 0.305 e. The summed E-state index contributed by atoms with van der Waals surface area (Å²) in [5, 5.41) is 8.55. The fourth-order valence-electron chi connectivity index (χ4n) is 1.05. The first-order chi connectivity index (χ1) is 5.70. The minimum Gasteiger partial charge on any atom is -0.469 e. The molecule has 3 heteroatoms. The number of ether oxygens (including phenoxy) is 1. The lowest BCUT2D eigenvalue weighted by molar-refractivity contribution is -0.140. The van der Waals surface area contributed by atoms with Crippen LogP contribution in [-0.4, -0.2) is 24.8 Å². The molecule has 0 aliphatic rings. The molecule has 0 radical (unpaired) electrons. The monoisotopic (exact) mass is 174 g/mol. The fraction of sp³-hybridized carbons (Fsp3) is 0.889. The maximum atomic E-state index is 10.7. The Morgan fingerprint density at radius 3 is 2.67 bits per heavy atom. The first-order valence-corrected chi connectivity index (χ1v) is 4.38. The van der Waals surface area contributed by atoms with Crippen LogP contribution in [0.1, 0.15) is 32.6 Å². The molecule has 0 bridgehead atoms. The van der Waals surface area contributed by atoms with Crippen LogP contribution >= 0.6 is 0 Å². The Balaban J connectivity index is 3.30. The van der Waals surface area contributed by atoms with E-state index in [9.17, 15) is 4.79 Å². The Hall–Kier alpha value is -0.570. The second-order valence-corrected chi connectivity index (χ2v) is 3.09. The summed E-state index contributed by atoms with van der Waals surface area (Å²) in [7, 11) is 1.40. The molecule has 72 valence electrons. The molecule has 0 amide bonds. The van der Waals surface area contributed by atoms with Gasteiger partial charge in [0, 0.05) is 13.0 Å². The van der Waals surface area contributed by atoms with Gasteiger partial charge in [-0.3, -0.25) is 4.79 Å². The quantitative estimate of drug-likeness (QED) is 0.618. The number of methoxy groups -OCH3 is 1. The molecule has 0 aromatic carbocycles. The van der Waals surface area contributed by atoms with E-state index < -0.39 is 0 Å². The molecule has 0 saturated carbocycles. The van der Waals surface area contributed by atoms with Crippen molar-refractivity contribution in [2.75, 3.05) is 13.7 Å². The molecule has 0 aliphatic heterocycles. The Morgan fingerprint density at radius 2 is 2.17 bits per heavy atom. The number of rotatable bonds is 6. The maximum absolute atomic E-state index is 10.7. The summed E-state index contributed by atoms with van der Waals surface area (Å²) in [6.45, 7) is 2.32. The van der Waals surface area contributed by atoms with Crippen LogP contribution in [0.25, 0.3) is 0 Å². The van der Waals surface area contributed by atoms with E-state index in [0.29, 0.717) is 12.3 Å². The summed E-state index contributed by atoms with van der Waals surface area (Å²) in [5.41, 5.74) is 0. The van der Waals surface area contributed by atoms with Crippen LogP contribution in [-0.2, 0) is 9.53 Å². The van der Waals surface area contributed by atoms with Crippen LogP contribution in [0.2, 0.25) is 0 Å². The molecular weight excluding hydrogens is 156 g/mol. The summed E-state index contributed by atoms with van der Waals surface area (Å²) < 4.78 is 4.52. The third kappa shape index (κ3) is 6.16. The molecule has 0 aromatic heterocycles. The van der Waals surface area contributed by atoms with Crippen LogP contribution < -0.4 is 0 Å². The van der Waals surface area contributed by atoms with Crippen LogP contribution in [0.5, 0.6) is 0 Å². The first-order valence-electron chi connectivity index (χ1n) is 4.38. The van der Waals surface area contributed by atoms with Gasteiger partial charge in [-0.05, 0) is 25.2 Å². The molecule has 0 spiro atoms. The first kappa shape index (κ1) is 11.4. The molecule has 0 aromatic rings. The number of aliphatic hydroxyl groups excluding tert-OH is 1. The van der Waals surface area contributed by atoms with Gasteiger partial charge in [-0.25, -0.2) is 0 Å². The highest BCUT2D eigenvalue weighted by Gasteiger charge is 2.05. The average molecular weight is 174 g/mol. The van der Waals surface area contributed by atoms with Gasteiger partial charge in [0.1, 0.15) is 0 Å². The zero-order valence-electron chi connectivity index (χ0n) is 7.88. The average Bonchev–Trinajstić information content (AvgIpc) is 2.10. The van der Waals surface area contributed by atoms with Gasteiger partial charge in [-0.1, -0.05) is 6.92 Å². The van der Waals surface area contributed by atoms with Gasteiger partial charge in [0.15, 0.2) is 0 Å². The molecular formula is C9H18O3. The second kappa shape index (κ2) is 7.10. The van der Waals surface area contributed by atoms with E-state index in [1.165, 1.54) is 7.11 Å². The van der Waals surface area contributed by atoms with Crippen molar-refractivity contribution >= 4 is 5.97 Å². The van der Waals surface area contributed by atoms with Crippen LogP contribution in [0.15, 0.2) is 0 Å². The van der Waals surface area contributed by atoms with Crippen molar-refractivity contribution in [3.63, 3.8) is 0 Å².